The number of benzene rings is 1. The van der Waals surface area contributed by atoms with Crippen LogP contribution in [0.2, 0.25) is 0 Å². The number of amides is 1. The molecule has 21 heavy (non-hydrogen) atoms. The highest BCUT2D eigenvalue weighted by Crippen LogP contribution is 2.35. The number of thiophene rings is 1. The van der Waals surface area contributed by atoms with Crippen LogP contribution in [0.4, 0.5) is 5.69 Å². The predicted molar refractivity (Wildman–Crippen MR) is 83.4 cm³/mol. The summed E-state index contributed by atoms with van der Waals surface area (Å²) in [6, 6.07) is 7.68. The number of hydrogen-bond acceptors (Lipinski definition) is 5. The normalized spacial score (nSPS) is 11.0. The maximum Gasteiger partial charge on any atom is 0.263 e. The van der Waals surface area contributed by atoms with E-state index in [0.717, 1.165) is 21.4 Å². The van der Waals surface area contributed by atoms with Crippen LogP contribution in [0, 0.1) is 13.8 Å². The second-order valence-electron chi connectivity index (χ2n) is 4.91. The molecule has 3 aromatic rings. The minimum absolute atomic E-state index is 0.186. The largest absolute Gasteiger partial charge is 0.397 e. The first-order valence-corrected chi connectivity index (χ1v) is 7.36. The van der Waals surface area contributed by atoms with Gasteiger partial charge in [-0.15, -0.1) is 11.3 Å². The Kier molecular flexibility index (Phi) is 3.39. The van der Waals surface area contributed by atoms with Crippen LogP contribution >= 0.6 is 11.3 Å². The zero-order chi connectivity index (χ0) is 15.0. The maximum atomic E-state index is 12.3. The Labute approximate surface area is 125 Å². The SMILES string of the molecule is Cc1cc(CNC(=O)c2sc3c(C)cccc3c2N)no1. The summed E-state index contributed by atoms with van der Waals surface area (Å²) >= 11 is 1.42. The number of nitrogens with one attached hydrogen (secondary N) is 1. The zero-order valence-corrected chi connectivity index (χ0v) is 12.6. The van der Waals surface area contributed by atoms with Crippen molar-refractivity contribution in [2.45, 2.75) is 20.4 Å². The van der Waals surface area contributed by atoms with E-state index < -0.39 is 0 Å². The minimum Gasteiger partial charge on any atom is -0.397 e. The van der Waals surface area contributed by atoms with Crippen LogP contribution < -0.4 is 11.1 Å². The summed E-state index contributed by atoms with van der Waals surface area (Å²) in [5, 5.41) is 7.59. The highest BCUT2D eigenvalue weighted by atomic mass is 32.1. The number of carbonyl (C=O) groups excluding carboxylic acids is 1. The van der Waals surface area contributed by atoms with E-state index in [2.05, 4.69) is 10.5 Å². The molecule has 0 atom stereocenters. The maximum absolute atomic E-state index is 12.3. The first-order chi connectivity index (χ1) is 10.1. The number of nitrogens with two attached hydrogens (primary N) is 1. The number of aryl methyl sites for hydroxylation is 2. The minimum atomic E-state index is -0.186. The number of fused-ring (bicyclic) bond motifs is 1. The molecule has 0 radical (unpaired) electrons. The summed E-state index contributed by atoms with van der Waals surface area (Å²) in [4.78, 5) is 12.8. The molecule has 0 spiro atoms. The molecule has 0 aliphatic carbocycles. The average molecular weight is 301 g/mol. The number of carbonyl (C=O) groups is 1. The lowest BCUT2D eigenvalue weighted by Crippen LogP contribution is -2.22. The van der Waals surface area contributed by atoms with Gasteiger partial charge in [0.05, 0.1) is 12.2 Å². The van der Waals surface area contributed by atoms with Gasteiger partial charge >= 0.3 is 0 Å². The summed E-state index contributed by atoms with van der Waals surface area (Å²) in [5.41, 5.74) is 8.44. The monoisotopic (exact) mass is 301 g/mol. The van der Waals surface area contributed by atoms with Gasteiger partial charge in [0.15, 0.2) is 0 Å². The van der Waals surface area contributed by atoms with Crippen molar-refractivity contribution in [3.63, 3.8) is 0 Å². The van der Waals surface area contributed by atoms with Crippen LogP contribution in [0.15, 0.2) is 28.8 Å². The van der Waals surface area contributed by atoms with Crippen LogP contribution in [-0.2, 0) is 6.54 Å². The summed E-state index contributed by atoms with van der Waals surface area (Å²) in [5.74, 6) is 0.532. The number of aromatic nitrogens is 1. The molecule has 0 saturated heterocycles. The van der Waals surface area contributed by atoms with E-state index in [1.807, 2.05) is 32.0 Å². The third kappa shape index (κ3) is 2.50. The fourth-order valence-corrected chi connectivity index (χ4v) is 3.31. The van der Waals surface area contributed by atoms with Crippen molar-refractivity contribution in [1.82, 2.24) is 10.5 Å². The molecule has 0 fully saturated rings. The van der Waals surface area contributed by atoms with Crippen molar-refractivity contribution in [2.75, 3.05) is 5.73 Å². The third-order valence-corrected chi connectivity index (χ3v) is 4.62. The number of nitrogens with zero attached hydrogens (tertiary/aromatic N) is 1. The summed E-state index contributed by atoms with van der Waals surface area (Å²) in [6.45, 7) is 4.14. The van der Waals surface area contributed by atoms with Gasteiger partial charge in [-0.05, 0) is 19.4 Å². The summed E-state index contributed by atoms with van der Waals surface area (Å²) in [7, 11) is 0. The fraction of sp³-hybridized carbons (Fsp3) is 0.200. The number of nitrogen functional groups attached to an aromatic ring is 1. The number of hydrogen-bond donors (Lipinski definition) is 2. The van der Waals surface area contributed by atoms with Gasteiger partial charge in [-0.2, -0.15) is 0 Å². The fourth-order valence-electron chi connectivity index (χ4n) is 2.20. The lowest BCUT2D eigenvalue weighted by Gasteiger charge is -2.01. The molecule has 0 aliphatic rings. The van der Waals surface area contributed by atoms with Gasteiger partial charge < -0.3 is 15.6 Å². The van der Waals surface area contributed by atoms with Gasteiger partial charge in [-0.25, -0.2) is 0 Å². The Morgan fingerprint density at radius 1 is 1.43 bits per heavy atom. The molecular weight excluding hydrogens is 286 g/mol. The molecule has 108 valence electrons. The smallest absolute Gasteiger partial charge is 0.263 e. The van der Waals surface area contributed by atoms with Crippen LogP contribution in [0.1, 0.15) is 26.7 Å². The molecule has 0 aliphatic heterocycles. The summed E-state index contributed by atoms with van der Waals surface area (Å²) < 4.78 is 6.02. The van der Waals surface area contributed by atoms with Crippen LogP contribution in [0.3, 0.4) is 0 Å². The first kappa shape index (κ1) is 13.6. The number of anilines is 1. The van der Waals surface area contributed by atoms with E-state index in [0.29, 0.717) is 22.8 Å². The Morgan fingerprint density at radius 3 is 2.90 bits per heavy atom. The van der Waals surface area contributed by atoms with Gasteiger partial charge in [-0.3, -0.25) is 4.79 Å². The Hall–Kier alpha value is -2.34. The van der Waals surface area contributed by atoms with Gasteiger partial charge in [0.2, 0.25) is 0 Å². The lowest BCUT2D eigenvalue weighted by atomic mass is 10.1. The Balaban J connectivity index is 1.84. The van der Waals surface area contributed by atoms with Crippen molar-refractivity contribution in [2.24, 2.45) is 0 Å². The molecule has 6 heteroatoms. The molecule has 0 saturated carbocycles. The zero-order valence-electron chi connectivity index (χ0n) is 11.8. The standard InChI is InChI=1S/C15H15N3O2S/c1-8-4-3-5-11-12(16)14(21-13(8)11)15(19)17-7-10-6-9(2)20-18-10/h3-6H,7,16H2,1-2H3,(H,17,19). The predicted octanol–water partition coefficient (Wildman–Crippen LogP) is 3.02. The molecule has 2 heterocycles. The summed E-state index contributed by atoms with van der Waals surface area (Å²) in [6.07, 6.45) is 0. The van der Waals surface area contributed by atoms with Crippen molar-refractivity contribution in [1.29, 1.82) is 0 Å². The number of rotatable bonds is 3. The van der Waals surface area contributed by atoms with Gasteiger partial charge in [0.1, 0.15) is 16.3 Å². The van der Waals surface area contributed by atoms with E-state index >= 15 is 0 Å². The molecule has 0 bridgehead atoms. The Morgan fingerprint density at radius 2 is 2.24 bits per heavy atom. The highest BCUT2D eigenvalue weighted by molar-refractivity contribution is 7.21. The quantitative estimate of drug-likeness (QED) is 0.779. The van der Waals surface area contributed by atoms with E-state index in [1.165, 1.54) is 11.3 Å². The van der Waals surface area contributed by atoms with Crippen molar-refractivity contribution < 1.29 is 9.32 Å². The third-order valence-electron chi connectivity index (χ3n) is 3.26. The molecule has 3 rings (SSSR count). The van der Waals surface area contributed by atoms with Gasteiger partial charge in [-0.1, -0.05) is 23.4 Å². The topological polar surface area (TPSA) is 81.2 Å². The van der Waals surface area contributed by atoms with Gasteiger partial charge in [0, 0.05) is 16.2 Å². The second-order valence-corrected chi connectivity index (χ2v) is 5.93. The molecule has 5 nitrogen and oxygen atoms in total. The lowest BCUT2D eigenvalue weighted by molar-refractivity contribution is 0.0955. The molecule has 1 amide bonds. The van der Waals surface area contributed by atoms with Crippen molar-refractivity contribution >= 4 is 33.0 Å². The van der Waals surface area contributed by atoms with E-state index in [4.69, 9.17) is 10.3 Å². The van der Waals surface area contributed by atoms with Crippen LogP contribution in [-0.4, -0.2) is 11.1 Å². The van der Waals surface area contributed by atoms with Crippen molar-refractivity contribution in [3.8, 4) is 0 Å². The molecule has 2 aromatic heterocycles. The van der Waals surface area contributed by atoms with E-state index in [1.54, 1.807) is 6.07 Å². The van der Waals surface area contributed by atoms with Crippen molar-refractivity contribution in [3.05, 3.63) is 46.2 Å². The van der Waals surface area contributed by atoms with E-state index in [-0.39, 0.29) is 5.91 Å². The van der Waals surface area contributed by atoms with Crippen LogP contribution in [0.5, 0.6) is 0 Å². The van der Waals surface area contributed by atoms with Gasteiger partial charge in [0.25, 0.3) is 5.91 Å². The van der Waals surface area contributed by atoms with Crippen LogP contribution in [0.25, 0.3) is 10.1 Å². The molecule has 1 aromatic carbocycles. The molecule has 0 unspecified atom stereocenters. The molecule has 3 N–H and O–H groups in total. The molecular formula is C15H15N3O2S. The first-order valence-electron chi connectivity index (χ1n) is 6.54. The van der Waals surface area contributed by atoms with E-state index in [9.17, 15) is 4.79 Å². The highest BCUT2D eigenvalue weighted by Gasteiger charge is 2.17. The average Bonchev–Trinajstić information content (AvgIpc) is 3.02. The second kappa shape index (κ2) is 5.21. The Bertz CT molecular complexity index is 820.